The number of ether oxygens (including phenoxy) is 2. The van der Waals surface area contributed by atoms with Crippen LogP contribution in [0.4, 0.5) is 0 Å². The SMILES string of the molecule is CCNC(=NCc1cc(C(CC)CC)no1)NCCCCOCCOC.I. The molecule has 0 saturated heterocycles. The van der Waals surface area contributed by atoms with Crippen molar-refractivity contribution in [3.05, 3.63) is 17.5 Å². The van der Waals surface area contributed by atoms with Gasteiger partial charge in [0.25, 0.3) is 0 Å². The summed E-state index contributed by atoms with van der Waals surface area (Å²) < 4.78 is 15.8. The first-order valence-electron chi connectivity index (χ1n) is 9.79. The number of nitrogens with one attached hydrogen (secondary N) is 2. The van der Waals surface area contributed by atoms with Crippen molar-refractivity contribution >= 4 is 29.9 Å². The van der Waals surface area contributed by atoms with Crippen LogP contribution >= 0.6 is 24.0 Å². The third kappa shape index (κ3) is 11.5. The second-order valence-corrected chi connectivity index (χ2v) is 6.17. The van der Waals surface area contributed by atoms with Crippen molar-refractivity contribution in [3.8, 4) is 0 Å². The molecule has 0 unspecified atom stereocenters. The van der Waals surface area contributed by atoms with E-state index < -0.39 is 0 Å². The fraction of sp³-hybridized carbons (Fsp3) is 0.789. The monoisotopic (exact) mass is 496 g/mol. The Bertz CT molecular complexity index is 493. The number of hydrogen-bond acceptors (Lipinski definition) is 5. The molecule has 1 aromatic rings. The molecular formula is C19H37IN4O3. The molecule has 1 aromatic heterocycles. The largest absolute Gasteiger partial charge is 0.382 e. The third-order valence-electron chi connectivity index (χ3n) is 4.16. The number of nitrogens with zero attached hydrogens (tertiary/aromatic N) is 2. The number of aromatic nitrogens is 1. The van der Waals surface area contributed by atoms with Gasteiger partial charge in [-0.25, -0.2) is 4.99 Å². The average molecular weight is 496 g/mol. The Balaban J connectivity index is 0.00000676. The van der Waals surface area contributed by atoms with E-state index in [4.69, 9.17) is 14.0 Å². The van der Waals surface area contributed by atoms with Crippen molar-refractivity contribution in [2.24, 2.45) is 4.99 Å². The minimum atomic E-state index is 0. The summed E-state index contributed by atoms with van der Waals surface area (Å²) in [6, 6.07) is 2.03. The molecule has 0 spiro atoms. The van der Waals surface area contributed by atoms with Crippen LogP contribution < -0.4 is 10.6 Å². The highest BCUT2D eigenvalue weighted by Gasteiger charge is 2.12. The van der Waals surface area contributed by atoms with Gasteiger partial charge in [-0.15, -0.1) is 24.0 Å². The lowest BCUT2D eigenvalue weighted by Gasteiger charge is -2.10. The highest BCUT2D eigenvalue weighted by molar-refractivity contribution is 14.0. The van der Waals surface area contributed by atoms with Crippen molar-refractivity contribution in [2.45, 2.75) is 58.9 Å². The van der Waals surface area contributed by atoms with E-state index in [9.17, 15) is 0 Å². The molecule has 0 aliphatic heterocycles. The molecule has 27 heavy (non-hydrogen) atoms. The lowest BCUT2D eigenvalue weighted by Crippen LogP contribution is -2.37. The van der Waals surface area contributed by atoms with E-state index in [2.05, 4.69) is 41.6 Å². The minimum absolute atomic E-state index is 0. The van der Waals surface area contributed by atoms with Gasteiger partial charge >= 0.3 is 0 Å². The van der Waals surface area contributed by atoms with E-state index in [0.717, 1.165) is 62.8 Å². The second kappa shape index (κ2) is 17.2. The summed E-state index contributed by atoms with van der Waals surface area (Å²) in [4.78, 5) is 4.58. The lowest BCUT2D eigenvalue weighted by molar-refractivity contribution is 0.0689. The number of guanidine groups is 1. The molecule has 158 valence electrons. The molecule has 8 heteroatoms. The summed E-state index contributed by atoms with van der Waals surface area (Å²) in [6.07, 6.45) is 4.19. The maximum absolute atomic E-state index is 5.46. The molecule has 0 radical (unpaired) electrons. The van der Waals surface area contributed by atoms with Gasteiger partial charge in [-0.05, 0) is 32.6 Å². The topological polar surface area (TPSA) is 80.9 Å². The lowest BCUT2D eigenvalue weighted by atomic mass is 9.99. The summed E-state index contributed by atoms with van der Waals surface area (Å²) in [7, 11) is 1.68. The molecule has 0 fully saturated rings. The molecule has 0 aliphatic carbocycles. The highest BCUT2D eigenvalue weighted by atomic mass is 127. The van der Waals surface area contributed by atoms with Crippen LogP contribution in [0.5, 0.6) is 0 Å². The Kier molecular flexibility index (Phi) is 16.7. The molecule has 0 bridgehead atoms. The van der Waals surface area contributed by atoms with Crippen LogP contribution in [0, 0.1) is 0 Å². The van der Waals surface area contributed by atoms with Gasteiger partial charge in [-0.3, -0.25) is 0 Å². The van der Waals surface area contributed by atoms with Crippen LogP contribution in [0.2, 0.25) is 0 Å². The zero-order chi connectivity index (χ0) is 19.0. The Morgan fingerprint density at radius 2 is 1.93 bits per heavy atom. The fourth-order valence-electron chi connectivity index (χ4n) is 2.58. The first-order chi connectivity index (χ1) is 12.7. The third-order valence-corrected chi connectivity index (χ3v) is 4.16. The zero-order valence-electron chi connectivity index (χ0n) is 17.3. The normalized spacial score (nSPS) is 11.5. The van der Waals surface area contributed by atoms with E-state index in [1.54, 1.807) is 7.11 Å². The summed E-state index contributed by atoms with van der Waals surface area (Å²) in [5, 5.41) is 10.8. The first-order valence-corrected chi connectivity index (χ1v) is 9.79. The summed E-state index contributed by atoms with van der Waals surface area (Å²) in [5.74, 6) is 2.07. The van der Waals surface area contributed by atoms with Crippen molar-refractivity contribution in [1.29, 1.82) is 0 Å². The Morgan fingerprint density at radius 3 is 2.59 bits per heavy atom. The van der Waals surface area contributed by atoms with Crippen molar-refractivity contribution in [1.82, 2.24) is 15.8 Å². The van der Waals surface area contributed by atoms with Crippen LogP contribution in [-0.4, -0.2) is 51.1 Å². The van der Waals surface area contributed by atoms with Crippen molar-refractivity contribution in [3.63, 3.8) is 0 Å². The molecule has 0 aromatic carbocycles. The van der Waals surface area contributed by atoms with Crippen LogP contribution in [0.1, 0.15) is 63.8 Å². The standard InChI is InChI=1S/C19H36N4O3.HI/c1-5-16(6-2)18-14-17(26-23-18)15-22-19(20-7-3)21-10-8-9-11-25-13-12-24-4;/h14,16H,5-13,15H2,1-4H3,(H2,20,21,22);1H. The number of halogens is 1. The molecular weight excluding hydrogens is 459 g/mol. The first kappa shape index (κ1) is 26.1. The number of hydrogen-bond donors (Lipinski definition) is 2. The predicted molar refractivity (Wildman–Crippen MR) is 120 cm³/mol. The maximum Gasteiger partial charge on any atom is 0.191 e. The molecule has 1 rings (SSSR count). The van der Waals surface area contributed by atoms with E-state index in [1.165, 1.54) is 0 Å². The van der Waals surface area contributed by atoms with Gasteiger partial charge in [0.05, 0.1) is 18.9 Å². The predicted octanol–water partition coefficient (Wildman–Crippen LogP) is 3.69. The molecule has 0 saturated carbocycles. The molecule has 7 nitrogen and oxygen atoms in total. The van der Waals surface area contributed by atoms with Gasteiger partial charge in [0.15, 0.2) is 11.7 Å². The number of aliphatic imine (C=N–C) groups is 1. The highest BCUT2D eigenvalue weighted by Crippen LogP contribution is 2.22. The van der Waals surface area contributed by atoms with Gasteiger partial charge in [0, 0.05) is 38.8 Å². The second-order valence-electron chi connectivity index (χ2n) is 6.17. The summed E-state index contributed by atoms with van der Waals surface area (Å²) in [6.45, 7) is 10.6. The molecule has 2 N–H and O–H groups in total. The Morgan fingerprint density at radius 1 is 1.15 bits per heavy atom. The zero-order valence-corrected chi connectivity index (χ0v) is 19.6. The van der Waals surface area contributed by atoms with Crippen LogP contribution in [0.3, 0.4) is 0 Å². The van der Waals surface area contributed by atoms with E-state index in [-0.39, 0.29) is 24.0 Å². The van der Waals surface area contributed by atoms with Crippen molar-refractivity contribution in [2.75, 3.05) is 40.0 Å². The molecule has 0 aliphatic rings. The Hall–Kier alpha value is -0.870. The number of methoxy groups -OCH3 is 1. The van der Waals surface area contributed by atoms with Gasteiger partial charge in [0.2, 0.25) is 0 Å². The average Bonchev–Trinajstić information content (AvgIpc) is 3.11. The minimum Gasteiger partial charge on any atom is -0.382 e. The van der Waals surface area contributed by atoms with E-state index in [0.29, 0.717) is 25.7 Å². The van der Waals surface area contributed by atoms with Gasteiger partial charge in [-0.1, -0.05) is 19.0 Å². The van der Waals surface area contributed by atoms with E-state index in [1.807, 2.05) is 6.07 Å². The number of rotatable bonds is 14. The van der Waals surface area contributed by atoms with Gasteiger partial charge in [0.1, 0.15) is 6.54 Å². The van der Waals surface area contributed by atoms with E-state index >= 15 is 0 Å². The summed E-state index contributed by atoms with van der Waals surface area (Å²) in [5.41, 5.74) is 1.03. The van der Waals surface area contributed by atoms with Gasteiger partial charge in [-0.2, -0.15) is 0 Å². The van der Waals surface area contributed by atoms with Crippen LogP contribution in [-0.2, 0) is 16.0 Å². The molecule has 1 heterocycles. The van der Waals surface area contributed by atoms with Crippen molar-refractivity contribution < 1.29 is 14.0 Å². The summed E-state index contributed by atoms with van der Waals surface area (Å²) >= 11 is 0. The Labute approximate surface area is 181 Å². The fourth-order valence-corrected chi connectivity index (χ4v) is 2.58. The molecule has 0 atom stereocenters. The quantitative estimate of drug-likeness (QED) is 0.177. The van der Waals surface area contributed by atoms with Crippen LogP contribution in [0.25, 0.3) is 0 Å². The smallest absolute Gasteiger partial charge is 0.191 e. The number of unbranched alkanes of at least 4 members (excludes halogenated alkanes) is 1. The maximum atomic E-state index is 5.46. The van der Waals surface area contributed by atoms with Crippen LogP contribution in [0.15, 0.2) is 15.6 Å². The molecule has 0 amide bonds. The van der Waals surface area contributed by atoms with Gasteiger partial charge < -0.3 is 24.6 Å².